The lowest BCUT2D eigenvalue weighted by Gasteiger charge is -2.25. The van der Waals surface area contributed by atoms with Gasteiger partial charge in [0.1, 0.15) is 0 Å². The van der Waals surface area contributed by atoms with Crippen LogP contribution in [0.3, 0.4) is 0 Å². The van der Waals surface area contributed by atoms with Gasteiger partial charge in [-0.3, -0.25) is 0 Å². The van der Waals surface area contributed by atoms with E-state index in [4.69, 9.17) is 14.6 Å². The molecule has 4 heteroatoms. The molecule has 1 heterocycles. The van der Waals surface area contributed by atoms with Crippen LogP contribution in [0.2, 0.25) is 0 Å². The van der Waals surface area contributed by atoms with Crippen LogP contribution in [0.15, 0.2) is 0 Å². The molecule has 0 saturated carbocycles. The molecule has 15 heavy (non-hydrogen) atoms. The van der Waals surface area contributed by atoms with E-state index in [0.29, 0.717) is 18.8 Å². The van der Waals surface area contributed by atoms with Crippen molar-refractivity contribution in [1.82, 2.24) is 5.32 Å². The van der Waals surface area contributed by atoms with Gasteiger partial charge in [0.2, 0.25) is 0 Å². The van der Waals surface area contributed by atoms with E-state index in [9.17, 15) is 0 Å². The zero-order valence-electron chi connectivity index (χ0n) is 9.74. The van der Waals surface area contributed by atoms with Crippen molar-refractivity contribution in [2.75, 3.05) is 26.4 Å². The second-order valence-electron chi connectivity index (χ2n) is 4.35. The van der Waals surface area contributed by atoms with Crippen molar-refractivity contribution < 1.29 is 14.6 Å². The first-order valence-electron chi connectivity index (χ1n) is 5.78. The Kier molecular flexibility index (Phi) is 6.17. The summed E-state index contributed by atoms with van der Waals surface area (Å²) in [4.78, 5) is 0. The summed E-state index contributed by atoms with van der Waals surface area (Å²) in [5, 5.41) is 12.4. The molecule has 1 fully saturated rings. The first kappa shape index (κ1) is 12.9. The molecule has 1 rings (SSSR count). The summed E-state index contributed by atoms with van der Waals surface area (Å²) in [5.74, 6) is 0. The average Bonchev–Trinajstić information content (AvgIpc) is 2.25. The fourth-order valence-electron chi connectivity index (χ4n) is 1.72. The van der Waals surface area contributed by atoms with Crippen LogP contribution in [-0.4, -0.2) is 49.7 Å². The lowest BCUT2D eigenvalue weighted by atomic mass is 10.1. The van der Waals surface area contributed by atoms with Crippen molar-refractivity contribution in [3.05, 3.63) is 0 Å². The zero-order chi connectivity index (χ0) is 11.1. The molecule has 0 spiro atoms. The highest BCUT2D eigenvalue weighted by Gasteiger charge is 2.16. The van der Waals surface area contributed by atoms with E-state index in [2.05, 4.69) is 19.2 Å². The van der Waals surface area contributed by atoms with Crippen molar-refractivity contribution in [3.63, 3.8) is 0 Å². The lowest BCUT2D eigenvalue weighted by Crippen LogP contribution is -2.42. The van der Waals surface area contributed by atoms with Gasteiger partial charge < -0.3 is 19.9 Å². The predicted molar refractivity (Wildman–Crippen MR) is 58.9 cm³/mol. The Labute approximate surface area is 92.0 Å². The molecule has 2 N–H and O–H groups in total. The van der Waals surface area contributed by atoms with E-state index in [-0.39, 0.29) is 12.6 Å². The van der Waals surface area contributed by atoms with Crippen LogP contribution in [0.1, 0.15) is 26.7 Å². The summed E-state index contributed by atoms with van der Waals surface area (Å²) in [6.07, 6.45) is 2.25. The number of hydrogen-bond donors (Lipinski definition) is 2. The standard InChI is InChI=1S/C11H23NO3/c1-9(2)12-10(7-13)8-15-11-3-5-14-6-4-11/h9-13H,3-8H2,1-2H3. The Hall–Kier alpha value is -0.160. The van der Waals surface area contributed by atoms with E-state index in [1.807, 2.05) is 0 Å². The maximum Gasteiger partial charge on any atom is 0.0645 e. The number of rotatable bonds is 6. The second-order valence-corrected chi connectivity index (χ2v) is 4.35. The SMILES string of the molecule is CC(C)NC(CO)COC1CCOCC1. The van der Waals surface area contributed by atoms with Crippen LogP contribution in [0.4, 0.5) is 0 Å². The van der Waals surface area contributed by atoms with E-state index in [1.54, 1.807) is 0 Å². The maximum atomic E-state index is 9.14. The van der Waals surface area contributed by atoms with Crippen molar-refractivity contribution in [1.29, 1.82) is 0 Å². The van der Waals surface area contributed by atoms with E-state index in [1.165, 1.54) is 0 Å². The van der Waals surface area contributed by atoms with Crippen LogP contribution in [0, 0.1) is 0 Å². The molecule has 0 aromatic heterocycles. The van der Waals surface area contributed by atoms with Crippen LogP contribution >= 0.6 is 0 Å². The fourth-order valence-corrected chi connectivity index (χ4v) is 1.72. The minimum Gasteiger partial charge on any atom is -0.395 e. The molecule has 1 saturated heterocycles. The van der Waals surface area contributed by atoms with Crippen LogP contribution in [0.25, 0.3) is 0 Å². The number of ether oxygens (including phenoxy) is 2. The highest BCUT2D eigenvalue weighted by Crippen LogP contribution is 2.10. The van der Waals surface area contributed by atoms with Gasteiger partial charge in [-0.15, -0.1) is 0 Å². The first-order chi connectivity index (χ1) is 7.22. The second kappa shape index (κ2) is 7.17. The summed E-state index contributed by atoms with van der Waals surface area (Å²) in [6.45, 7) is 6.44. The Morgan fingerprint density at radius 2 is 2.07 bits per heavy atom. The molecule has 0 bridgehead atoms. The molecule has 0 amide bonds. The molecule has 1 aliphatic rings. The van der Waals surface area contributed by atoms with Gasteiger partial charge in [0, 0.05) is 19.3 Å². The molecule has 0 aliphatic carbocycles. The Morgan fingerprint density at radius 1 is 1.40 bits per heavy atom. The normalized spacial score (nSPS) is 20.8. The van der Waals surface area contributed by atoms with E-state index >= 15 is 0 Å². The third kappa shape index (κ3) is 5.47. The predicted octanol–water partition coefficient (Wildman–Crippen LogP) is 0.541. The third-order valence-electron chi connectivity index (χ3n) is 2.49. The van der Waals surface area contributed by atoms with Crippen molar-refractivity contribution >= 4 is 0 Å². The van der Waals surface area contributed by atoms with E-state index in [0.717, 1.165) is 26.1 Å². The molecule has 1 unspecified atom stereocenters. The van der Waals surface area contributed by atoms with Crippen molar-refractivity contribution in [2.45, 2.75) is 44.9 Å². The largest absolute Gasteiger partial charge is 0.395 e. The molecule has 0 aromatic rings. The fraction of sp³-hybridized carbons (Fsp3) is 1.00. The monoisotopic (exact) mass is 217 g/mol. The molecule has 1 atom stereocenters. The topological polar surface area (TPSA) is 50.7 Å². The van der Waals surface area contributed by atoms with Crippen molar-refractivity contribution in [3.8, 4) is 0 Å². The Balaban J connectivity index is 2.14. The maximum absolute atomic E-state index is 9.14. The quantitative estimate of drug-likeness (QED) is 0.682. The highest BCUT2D eigenvalue weighted by atomic mass is 16.5. The van der Waals surface area contributed by atoms with Crippen molar-refractivity contribution in [2.24, 2.45) is 0 Å². The van der Waals surface area contributed by atoms with Gasteiger partial charge in [0.25, 0.3) is 0 Å². The third-order valence-corrected chi connectivity index (χ3v) is 2.49. The minimum atomic E-state index is 0.0489. The molecular weight excluding hydrogens is 194 g/mol. The molecule has 1 aliphatic heterocycles. The molecule has 4 nitrogen and oxygen atoms in total. The summed E-state index contributed by atoms with van der Waals surface area (Å²) < 4.78 is 11.0. The smallest absolute Gasteiger partial charge is 0.0645 e. The van der Waals surface area contributed by atoms with Gasteiger partial charge in [0.15, 0.2) is 0 Å². The molecular formula is C11H23NO3. The van der Waals surface area contributed by atoms with Crippen LogP contribution in [-0.2, 0) is 9.47 Å². The summed E-state index contributed by atoms with van der Waals surface area (Å²) in [6, 6.07) is 0.424. The number of aliphatic hydroxyl groups excluding tert-OH is 1. The van der Waals surface area contributed by atoms with Crippen LogP contribution in [0.5, 0.6) is 0 Å². The molecule has 0 aromatic carbocycles. The molecule has 0 radical (unpaired) electrons. The van der Waals surface area contributed by atoms with Gasteiger partial charge in [0.05, 0.1) is 25.4 Å². The minimum absolute atomic E-state index is 0.0489. The van der Waals surface area contributed by atoms with Gasteiger partial charge in [-0.1, -0.05) is 13.8 Å². The van der Waals surface area contributed by atoms with E-state index < -0.39 is 0 Å². The van der Waals surface area contributed by atoms with Crippen LogP contribution < -0.4 is 5.32 Å². The number of hydrogen-bond acceptors (Lipinski definition) is 4. The Bertz CT molecular complexity index is 158. The number of nitrogens with one attached hydrogen (secondary N) is 1. The average molecular weight is 217 g/mol. The lowest BCUT2D eigenvalue weighted by molar-refractivity contribution is -0.0423. The molecule has 90 valence electrons. The first-order valence-corrected chi connectivity index (χ1v) is 5.78. The van der Waals surface area contributed by atoms with Gasteiger partial charge >= 0.3 is 0 Å². The highest BCUT2D eigenvalue weighted by molar-refractivity contribution is 4.70. The summed E-state index contributed by atoms with van der Waals surface area (Å²) in [5.41, 5.74) is 0. The van der Waals surface area contributed by atoms with Gasteiger partial charge in [-0.2, -0.15) is 0 Å². The zero-order valence-corrected chi connectivity index (χ0v) is 9.74. The Morgan fingerprint density at radius 3 is 2.60 bits per heavy atom. The van der Waals surface area contributed by atoms with Gasteiger partial charge in [-0.05, 0) is 12.8 Å². The van der Waals surface area contributed by atoms with Gasteiger partial charge in [-0.25, -0.2) is 0 Å². The number of aliphatic hydroxyl groups is 1. The summed E-state index contributed by atoms with van der Waals surface area (Å²) >= 11 is 0. The summed E-state index contributed by atoms with van der Waals surface area (Å²) in [7, 11) is 0.